The summed E-state index contributed by atoms with van der Waals surface area (Å²) in [6, 6.07) is 5.67. The Hall–Kier alpha value is -1.71. The Labute approximate surface area is 87.5 Å². The Bertz CT molecular complexity index is 537. The van der Waals surface area contributed by atoms with Gasteiger partial charge in [0, 0.05) is 12.1 Å². The van der Waals surface area contributed by atoms with E-state index in [0.717, 1.165) is 11.3 Å². The summed E-state index contributed by atoms with van der Waals surface area (Å²) in [4.78, 5) is 11.6. The average Bonchev–Trinajstić information content (AvgIpc) is 2.56. The first-order valence-corrected chi connectivity index (χ1v) is 4.91. The van der Waals surface area contributed by atoms with Crippen molar-refractivity contribution in [3.8, 4) is 5.75 Å². The van der Waals surface area contributed by atoms with Crippen LogP contribution in [-0.4, -0.2) is 16.9 Å². The fraction of sp³-hybridized carbons (Fsp3) is 0.364. The van der Waals surface area contributed by atoms with Crippen LogP contribution in [0.1, 0.15) is 19.9 Å². The number of rotatable bonds is 2. The molecule has 0 spiro atoms. The van der Waals surface area contributed by atoms with Crippen molar-refractivity contribution in [1.29, 1.82) is 0 Å². The van der Waals surface area contributed by atoms with Crippen LogP contribution in [0.3, 0.4) is 0 Å². The molecule has 1 heterocycles. The van der Waals surface area contributed by atoms with Gasteiger partial charge in [0.05, 0.1) is 18.0 Å². The summed E-state index contributed by atoms with van der Waals surface area (Å²) in [6.45, 7) is 4.05. The number of ether oxygens (including phenoxy) is 1. The van der Waals surface area contributed by atoms with Crippen molar-refractivity contribution in [2.45, 2.75) is 19.9 Å². The summed E-state index contributed by atoms with van der Waals surface area (Å²) in [6.07, 6.45) is 0. The number of hydrogen-bond donors (Lipinski definition) is 1. The maximum atomic E-state index is 11.6. The molecule has 0 radical (unpaired) electrons. The molecule has 0 aliphatic heterocycles. The average molecular weight is 206 g/mol. The smallest absolute Gasteiger partial charge is 0.271 e. The highest BCUT2D eigenvalue weighted by atomic mass is 16.5. The van der Waals surface area contributed by atoms with E-state index in [0.29, 0.717) is 5.39 Å². The maximum absolute atomic E-state index is 11.6. The van der Waals surface area contributed by atoms with Crippen molar-refractivity contribution in [3.05, 3.63) is 28.6 Å². The molecule has 1 N–H and O–H groups in total. The van der Waals surface area contributed by atoms with Crippen LogP contribution in [0.2, 0.25) is 0 Å². The first kappa shape index (κ1) is 9.83. The number of nitrogens with one attached hydrogen (secondary N) is 1. The molecule has 0 saturated heterocycles. The van der Waals surface area contributed by atoms with Crippen LogP contribution in [0.4, 0.5) is 0 Å². The van der Waals surface area contributed by atoms with Crippen LogP contribution >= 0.6 is 0 Å². The van der Waals surface area contributed by atoms with Crippen LogP contribution < -0.4 is 10.3 Å². The highest BCUT2D eigenvalue weighted by Crippen LogP contribution is 2.20. The minimum atomic E-state index is -0.0543. The number of hydrogen-bond acceptors (Lipinski definition) is 2. The van der Waals surface area contributed by atoms with Crippen LogP contribution in [-0.2, 0) is 0 Å². The predicted molar refractivity (Wildman–Crippen MR) is 59.5 cm³/mol. The van der Waals surface area contributed by atoms with Gasteiger partial charge >= 0.3 is 0 Å². The number of aromatic amines is 1. The third-order valence-electron chi connectivity index (χ3n) is 2.45. The number of nitrogens with zero attached hydrogens (tertiary/aromatic N) is 1. The second-order valence-electron chi connectivity index (χ2n) is 3.79. The summed E-state index contributed by atoms with van der Waals surface area (Å²) in [5.74, 6) is 0.760. The molecule has 0 fully saturated rings. The highest BCUT2D eigenvalue weighted by molar-refractivity contribution is 5.80. The minimum absolute atomic E-state index is 0.0543. The Balaban J connectivity index is 2.77. The second-order valence-corrected chi connectivity index (χ2v) is 3.79. The van der Waals surface area contributed by atoms with Crippen molar-refractivity contribution in [2.24, 2.45) is 0 Å². The maximum Gasteiger partial charge on any atom is 0.271 e. The number of aromatic nitrogens is 2. The summed E-state index contributed by atoms with van der Waals surface area (Å²) in [5, 5.41) is 3.51. The third-order valence-corrected chi connectivity index (χ3v) is 2.45. The van der Waals surface area contributed by atoms with Gasteiger partial charge in [0.25, 0.3) is 5.56 Å². The molecule has 1 aromatic carbocycles. The van der Waals surface area contributed by atoms with Crippen molar-refractivity contribution < 1.29 is 4.74 Å². The zero-order chi connectivity index (χ0) is 11.0. The SMILES string of the molecule is COc1ccc2c(=O)[nH]n(C(C)C)c2c1. The van der Waals surface area contributed by atoms with Crippen LogP contribution in [0, 0.1) is 0 Å². The topological polar surface area (TPSA) is 47.0 Å². The molecule has 2 rings (SSSR count). The van der Waals surface area contributed by atoms with Gasteiger partial charge in [0.2, 0.25) is 0 Å². The van der Waals surface area contributed by atoms with Crippen molar-refractivity contribution in [2.75, 3.05) is 7.11 Å². The standard InChI is InChI=1S/C11H14N2O2/c1-7(2)13-10-6-8(15-3)4-5-9(10)11(14)12-13/h4-7H,1-3H3,(H,12,14). The van der Waals surface area contributed by atoms with Gasteiger partial charge in [0.1, 0.15) is 5.75 Å². The van der Waals surface area contributed by atoms with Gasteiger partial charge in [-0.15, -0.1) is 0 Å². The largest absolute Gasteiger partial charge is 0.497 e. The van der Waals surface area contributed by atoms with E-state index in [1.165, 1.54) is 0 Å². The van der Waals surface area contributed by atoms with Gasteiger partial charge in [-0.3, -0.25) is 14.6 Å². The lowest BCUT2D eigenvalue weighted by Gasteiger charge is -2.08. The monoisotopic (exact) mass is 206 g/mol. The molecular formula is C11H14N2O2. The van der Waals surface area contributed by atoms with Crippen molar-refractivity contribution >= 4 is 10.9 Å². The molecule has 2 aromatic rings. The van der Waals surface area contributed by atoms with E-state index in [2.05, 4.69) is 5.10 Å². The van der Waals surface area contributed by atoms with Crippen LogP contribution in [0.5, 0.6) is 5.75 Å². The van der Waals surface area contributed by atoms with E-state index in [1.54, 1.807) is 19.2 Å². The molecule has 0 aliphatic rings. The molecule has 0 amide bonds. The fourth-order valence-electron chi connectivity index (χ4n) is 1.67. The number of methoxy groups -OCH3 is 1. The zero-order valence-corrected chi connectivity index (χ0v) is 9.07. The molecule has 0 bridgehead atoms. The molecule has 4 heteroatoms. The van der Waals surface area contributed by atoms with E-state index in [-0.39, 0.29) is 11.6 Å². The number of benzene rings is 1. The van der Waals surface area contributed by atoms with Gasteiger partial charge in [-0.25, -0.2) is 0 Å². The zero-order valence-electron chi connectivity index (χ0n) is 9.07. The van der Waals surface area contributed by atoms with Gasteiger partial charge in [-0.05, 0) is 26.0 Å². The van der Waals surface area contributed by atoms with E-state index < -0.39 is 0 Å². The molecule has 0 saturated carbocycles. The van der Waals surface area contributed by atoms with Crippen LogP contribution in [0.25, 0.3) is 10.9 Å². The Kier molecular flexibility index (Phi) is 2.26. The molecule has 15 heavy (non-hydrogen) atoms. The van der Waals surface area contributed by atoms with Gasteiger partial charge in [0.15, 0.2) is 0 Å². The van der Waals surface area contributed by atoms with Crippen molar-refractivity contribution in [3.63, 3.8) is 0 Å². The van der Waals surface area contributed by atoms with Gasteiger partial charge in [-0.2, -0.15) is 0 Å². The molecule has 1 aromatic heterocycles. The molecule has 0 unspecified atom stereocenters. The number of fused-ring (bicyclic) bond motifs is 1. The Morgan fingerprint density at radius 3 is 2.73 bits per heavy atom. The van der Waals surface area contributed by atoms with E-state index >= 15 is 0 Å². The Morgan fingerprint density at radius 2 is 2.13 bits per heavy atom. The summed E-state index contributed by atoms with van der Waals surface area (Å²) >= 11 is 0. The van der Waals surface area contributed by atoms with Crippen LogP contribution in [0.15, 0.2) is 23.0 Å². The number of H-pyrrole nitrogens is 1. The van der Waals surface area contributed by atoms with Gasteiger partial charge < -0.3 is 4.74 Å². The van der Waals surface area contributed by atoms with E-state index in [9.17, 15) is 4.79 Å². The molecule has 80 valence electrons. The summed E-state index contributed by atoms with van der Waals surface area (Å²) < 4.78 is 6.98. The third kappa shape index (κ3) is 1.52. The van der Waals surface area contributed by atoms with E-state index in [1.807, 2.05) is 24.6 Å². The predicted octanol–water partition coefficient (Wildman–Crippen LogP) is 1.92. The first-order chi connectivity index (χ1) is 7.13. The second kappa shape index (κ2) is 3.46. The quantitative estimate of drug-likeness (QED) is 0.816. The minimum Gasteiger partial charge on any atom is -0.497 e. The molecule has 0 aliphatic carbocycles. The molecule has 0 atom stereocenters. The normalized spacial score (nSPS) is 11.2. The summed E-state index contributed by atoms with van der Waals surface area (Å²) in [5.41, 5.74) is 0.829. The van der Waals surface area contributed by atoms with Crippen molar-refractivity contribution in [1.82, 2.24) is 9.78 Å². The Morgan fingerprint density at radius 1 is 1.40 bits per heavy atom. The molecule has 4 nitrogen and oxygen atoms in total. The lowest BCUT2D eigenvalue weighted by Crippen LogP contribution is -2.07. The lowest BCUT2D eigenvalue weighted by atomic mass is 10.2. The molecular weight excluding hydrogens is 192 g/mol. The lowest BCUT2D eigenvalue weighted by molar-refractivity contribution is 0.415. The first-order valence-electron chi connectivity index (χ1n) is 4.91. The highest BCUT2D eigenvalue weighted by Gasteiger charge is 2.09. The van der Waals surface area contributed by atoms with E-state index in [4.69, 9.17) is 4.74 Å². The fourth-order valence-corrected chi connectivity index (χ4v) is 1.67. The van der Waals surface area contributed by atoms with Gasteiger partial charge in [-0.1, -0.05) is 0 Å². The summed E-state index contributed by atoms with van der Waals surface area (Å²) in [7, 11) is 1.62.